The molecule has 7 heteroatoms. The lowest BCUT2D eigenvalue weighted by atomic mass is 10.1. The second kappa shape index (κ2) is 8.03. The second-order valence-electron chi connectivity index (χ2n) is 5.74. The first-order valence-electron chi connectivity index (χ1n) is 8.04. The lowest BCUT2D eigenvalue weighted by molar-refractivity contribution is 0.405. The van der Waals surface area contributed by atoms with Gasteiger partial charge in [0.1, 0.15) is 0 Å². The van der Waals surface area contributed by atoms with Crippen LogP contribution in [0.4, 0.5) is 0 Å². The fraction of sp³-hybridized carbons (Fsp3) is 0. The summed E-state index contributed by atoms with van der Waals surface area (Å²) in [5.41, 5.74) is 0. The maximum Gasteiger partial charge on any atom is 0.314 e. The Kier molecular flexibility index (Phi) is 5.73. The lowest BCUT2D eigenvalue weighted by Crippen LogP contribution is -2.03. The third kappa shape index (κ3) is 4.10. The quantitative estimate of drug-likeness (QED) is 0.493. The molecule has 4 aromatic rings. The summed E-state index contributed by atoms with van der Waals surface area (Å²) in [4.78, 5) is 15.0. The molecule has 0 fully saturated rings. The first-order valence-corrected chi connectivity index (χ1v) is 10.8. The van der Waals surface area contributed by atoms with Crippen LogP contribution in [-0.2, 0) is 14.4 Å². The Morgan fingerprint density at radius 1 is 0.593 bits per heavy atom. The topological polar surface area (TPSA) is 91.7 Å². The van der Waals surface area contributed by atoms with Crippen molar-refractivity contribution in [3.63, 3.8) is 0 Å². The van der Waals surface area contributed by atoms with Crippen molar-refractivity contribution < 1.29 is 22.8 Å². The first kappa shape index (κ1) is 19.3. The van der Waals surface area contributed by atoms with Gasteiger partial charge in [-0.15, -0.1) is 0 Å². The monoisotopic (exact) mass is 400 g/mol. The molecule has 2 N–H and O–H groups in total. The number of hydrogen-bond acceptors (Lipinski definition) is 3. The molecule has 0 aromatic heterocycles. The zero-order valence-electron chi connectivity index (χ0n) is 14.1. The Morgan fingerprint density at radius 2 is 0.926 bits per heavy atom. The van der Waals surface area contributed by atoms with Crippen LogP contribution in [0.1, 0.15) is 0 Å². The van der Waals surface area contributed by atoms with Crippen LogP contribution in [0.25, 0.3) is 21.5 Å². The minimum absolute atomic E-state index is 0.354. The van der Waals surface area contributed by atoms with E-state index in [1.54, 1.807) is 24.3 Å². The molecular formula is C20H17O5PS. The molecule has 0 saturated carbocycles. The molecule has 0 saturated heterocycles. The van der Waals surface area contributed by atoms with Crippen molar-refractivity contribution in [3.05, 3.63) is 84.9 Å². The minimum atomic E-state index is -3.59. The van der Waals surface area contributed by atoms with Gasteiger partial charge in [-0.3, -0.25) is 4.57 Å². The second-order valence-corrected chi connectivity index (χ2v) is 8.19. The fourth-order valence-corrected chi connectivity index (χ4v) is 4.68. The molecule has 0 bridgehead atoms. The van der Waals surface area contributed by atoms with Crippen LogP contribution >= 0.6 is 8.25 Å². The molecule has 0 radical (unpaired) electrons. The Labute approximate surface area is 157 Å². The van der Waals surface area contributed by atoms with Crippen LogP contribution in [0.3, 0.4) is 0 Å². The Bertz CT molecular complexity index is 1140. The van der Waals surface area contributed by atoms with E-state index in [4.69, 9.17) is 14.4 Å². The van der Waals surface area contributed by atoms with E-state index in [1.807, 2.05) is 60.7 Å². The number of benzene rings is 4. The van der Waals surface area contributed by atoms with Gasteiger partial charge >= 0.3 is 8.25 Å². The molecule has 0 atom stereocenters. The third-order valence-corrected chi connectivity index (χ3v) is 5.95. The van der Waals surface area contributed by atoms with Crippen molar-refractivity contribution in [3.8, 4) is 0 Å². The molecule has 138 valence electrons. The van der Waals surface area contributed by atoms with E-state index in [-0.39, 0.29) is 0 Å². The maximum absolute atomic E-state index is 13.3. The van der Waals surface area contributed by atoms with Crippen LogP contribution in [-0.4, -0.2) is 18.2 Å². The zero-order valence-corrected chi connectivity index (χ0v) is 15.9. The summed E-state index contributed by atoms with van der Waals surface area (Å²) in [6.07, 6.45) is 0. The summed E-state index contributed by atoms with van der Waals surface area (Å²) in [6.45, 7) is 0. The van der Waals surface area contributed by atoms with E-state index in [0.29, 0.717) is 9.79 Å². The van der Waals surface area contributed by atoms with Gasteiger partial charge < -0.3 is 9.79 Å². The Hall–Kier alpha value is -2.50. The maximum atomic E-state index is 13.3. The van der Waals surface area contributed by atoms with Gasteiger partial charge in [-0.2, -0.15) is 0 Å². The molecule has 0 unspecified atom stereocenters. The van der Waals surface area contributed by atoms with Gasteiger partial charge in [0, 0.05) is 10.8 Å². The van der Waals surface area contributed by atoms with Gasteiger partial charge in [0.25, 0.3) is 0 Å². The summed E-state index contributed by atoms with van der Waals surface area (Å²) in [7, 11) is -6.72. The van der Waals surface area contributed by atoms with Crippen molar-refractivity contribution in [2.45, 2.75) is 9.79 Å². The van der Waals surface area contributed by atoms with E-state index in [0.717, 1.165) is 21.5 Å². The largest absolute Gasteiger partial charge is 0.326 e. The molecular weight excluding hydrogens is 383 g/mol. The summed E-state index contributed by atoms with van der Waals surface area (Å²) in [6, 6.07) is 25.9. The molecule has 0 amide bonds. The SMILES string of the molecule is O=S(=O)(c1cccc2ccccc12)c1cccc2ccccc12.O=[PH](O)O. The summed E-state index contributed by atoms with van der Waals surface area (Å²) < 4.78 is 35.3. The van der Waals surface area contributed by atoms with E-state index in [9.17, 15) is 8.42 Å². The minimum Gasteiger partial charge on any atom is -0.326 e. The number of hydrogen-bond donors (Lipinski definition) is 2. The molecule has 27 heavy (non-hydrogen) atoms. The lowest BCUT2D eigenvalue weighted by Gasteiger charge is -2.10. The fourth-order valence-electron chi connectivity index (χ4n) is 2.98. The average Bonchev–Trinajstić information content (AvgIpc) is 2.66. The van der Waals surface area contributed by atoms with Gasteiger partial charge in [-0.05, 0) is 22.9 Å². The molecule has 0 spiro atoms. The highest BCUT2D eigenvalue weighted by atomic mass is 32.2. The van der Waals surface area contributed by atoms with E-state index < -0.39 is 18.1 Å². The standard InChI is InChI=1S/C20H14O2S.H3O3P/c21-23(22,19-13-5-9-15-7-1-3-11-17(15)19)20-14-6-10-16-8-2-4-12-18(16)20;1-4(2)3/h1-14H;4H,(H2,1,2,3). The number of rotatable bonds is 2. The van der Waals surface area contributed by atoms with Gasteiger partial charge in [-0.25, -0.2) is 8.42 Å². The van der Waals surface area contributed by atoms with Gasteiger partial charge in [0.2, 0.25) is 9.84 Å². The number of sulfone groups is 1. The van der Waals surface area contributed by atoms with Crippen molar-refractivity contribution >= 4 is 39.6 Å². The van der Waals surface area contributed by atoms with Gasteiger partial charge in [0.15, 0.2) is 0 Å². The van der Waals surface area contributed by atoms with Crippen molar-refractivity contribution in [1.29, 1.82) is 0 Å². The molecule has 0 aliphatic rings. The average molecular weight is 400 g/mol. The Balaban J connectivity index is 0.000000481. The van der Waals surface area contributed by atoms with Gasteiger partial charge in [-0.1, -0.05) is 72.8 Å². The van der Waals surface area contributed by atoms with Crippen LogP contribution in [0.5, 0.6) is 0 Å². The summed E-state index contributed by atoms with van der Waals surface area (Å²) >= 11 is 0. The van der Waals surface area contributed by atoms with E-state index in [2.05, 4.69) is 0 Å². The summed E-state index contributed by atoms with van der Waals surface area (Å²) in [5.74, 6) is 0. The Morgan fingerprint density at radius 3 is 1.33 bits per heavy atom. The first-order chi connectivity index (χ1) is 12.9. The van der Waals surface area contributed by atoms with E-state index >= 15 is 0 Å². The third-order valence-electron chi connectivity index (χ3n) is 4.08. The molecule has 0 aliphatic heterocycles. The van der Waals surface area contributed by atoms with Gasteiger partial charge in [0.05, 0.1) is 9.79 Å². The van der Waals surface area contributed by atoms with Crippen molar-refractivity contribution in [2.75, 3.05) is 0 Å². The van der Waals surface area contributed by atoms with E-state index in [1.165, 1.54) is 0 Å². The van der Waals surface area contributed by atoms with Crippen LogP contribution in [0.2, 0.25) is 0 Å². The molecule has 4 rings (SSSR count). The zero-order chi connectivity index (χ0) is 19.4. The number of fused-ring (bicyclic) bond motifs is 2. The highest BCUT2D eigenvalue weighted by Crippen LogP contribution is 2.32. The predicted octanol–water partition coefficient (Wildman–Crippen LogP) is 4.19. The highest BCUT2D eigenvalue weighted by molar-refractivity contribution is 7.92. The predicted molar refractivity (Wildman–Crippen MR) is 107 cm³/mol. The molecule has 4 aromatic carbocycles. The smallest absolute Gasteiger partial charge is 0.314 e. The molecule has 5 nitrogen and oxygen atoms in total. The molecule has 0 heterocycles. The van der Waals surface area contributed by atoms with Crippen molar-refractivity contribution in [2.24, 2.45) is 0 Å². The van der Waals surface area contributed by atoms with Crippen LogP contribution in [0, 0.1) is 0 Å². The van der Waals surface area contributed by atoms with Crippen LogP contribution < -0.4 is 0 Å². The summed E-state index contributed by atoms with van der Waals surface area (Å²) in [5, 5.41) is 3.36. The van der Waals surface area contributed by atoms with Crippen molar-refractivity contribution in [1.82, 2.24) is 0 Å². The highest BCUT2D eigenvalue weighted by Gasteiger charge is 2.22. The van der Waals surface area contributed by atoms with Crippen LogP contribution in [0.15, 0.2) is 94.7 Å². The normalized spacial score (nSPS) is 11.4. The molecule has 0 aliphatic carbocycles.